The highest BCUT2D eigenvalue weighted by Gasteiger charge is 2.14. The molecule has 3 aromatic rings. The number of aryl methyl sites for hydroxylation is 2. The largest absolute Gasteiger partial charge is 0.493 e. The van der Waals surface area contributed by atoms with Gasteiger partial charge >= 0.3 is 5.97 Å². The summed E-state index contributed by atoms with van der Waals surface area (Å²) in [4.78, 5) is 31.6. The minimum atomic E-state index is -0.622. The summed E-state index contributed by atoms with van der Waals surface area (Å²) >= 11 is 0. The Morgan fingerprint density at radius 2 is 1.84 bits per heavy atom. The molecule has 0 aliphatic carbocycles. The third-order valence-electron chi connectivity index (χ3n) is 4.43. The van der Waals surface area contributed by atoms with Crippen molar-refractivity contribution in [3.63, 3.8) is 0 Å². The van der Waals surface area contributed by atoms with Crippen molar-refractivity contribution in [1.82, 2.24) is 4.98 Å². The summed E-state index contributed by atoms with van der Waals surface area (Å²) in [5, 5.41) is 9.34. The first-order valence-electron chi connectivity index (χ1n) is 9.39. The van der Waals surface area contributed by atoms with E-state index in [9.17, 15) is 14.9 Å². The molecule has 0 bridgehead atoms. The highest BCUT2D eigenvalue weighted by Crippen LogP contribution is 2.33. The van der Waals surface area contributed by atoms with Gasteiger partial charge in [0, 0.05) is 11.3 Å². The van der Waals surface area contributed by atoms with Crippen LogP contribution in [0, 0.1) is 25.2 Å². The van der Waals surface area contributed by atoms with Crippen LogP contribution in [0.4, 0.5) is 5.69 Å². The number of methoxy groups -OCH3 is 1. The topological polar surface area (TPSA) is 113 Å². The monoisotopic (exact) mass is 419 g/mol. The molecule has 2 N–H and O–H groups in total. The first-order chi connectivity index (χ1) is 14.9. The second-order valence-corrected chi connectivity index (χ2v) is 6.78. The van der Waals surface area contributed by atoms with E-state index in [1.54, 1.807) is 43.3 Å². The molecule has 8 nitrogen and oxygen atoms in total. The smallest absolute Gasteiger partial charge is 0.369 e. The number of aromatic nitrogens is 1. The van der Waals surface area contributed by atoms with Crippen molar-refractivity contribution in [2.75, 3.05) is 19.2 Å². The molecule has 2 aromatic carbocycles. The van der Waals surface area contributed by atoms with Crippen LogP contribution in [0.3, 0.4) is 0 Å². The number of nitriles is 1. The van der Waals surface area contributed by atoms with E-state index < -0.39 is 11.5 Å². The van der Waals surface area contributed by atoms with Gasteiger partial charge in [-0.3, -0.25) is 4.79 Å². The molecule has 0 saturated carbocycles. The average molecular weight is 419 g/mol. The predicted molar refractivity (Wildman–Crippen MR) is 115 cm³/mol. The Balaban J connectivity index is 1.71. The Hall–Kier alpha value is -4.25. The number of nitrogens with one attached hydrogen (secondary N) is 2. The highest BCUT2D eigenvalue weighted by molar-refractivity contribution is 5.74. The van der Waals surface area contributed by atoms with Crippen LogP contribution in [-0.4, -0.2) is 24.7 Å². The van der Waals surface area contributed by atoms with Crippen LogP contribution in [0.25, 0.3) is 11.1 Å². The first kappa shape index (κ1) is 21.5. The second-order valence-electron chi connectivity index (χ2n) is 6.78. The molecule has 8 heteroatoms. The minimum absolute atomic E-state index is 0.00655. The number of pyridine rings is 1. The minimum Gasteiger partial charge on any atom is -0.493 e. The zero-order chi connectivity index (χ0) is 22.4. The summed E-state index contributed by atoms with van der Waals surface area (Å²) in [6, 6.07) is 15.9. The van der Waals surface area contributed by atoms with Gasteiger partial charge < -0.3 is 19.3 Å². The highest BCUT2D eigenvalue weighted by atomic mass is 16.7. The number of carbonyl (C=O) groups is 1. The number of anilines is 1. The molecule has 0 radical (unpaired) electrons. The first-order valence-corrected chi connectivity index (χ1v) is 9.39. The van der Waals surface area contributed by atoms with E-state index in [-0.39, 0.29) is 12.2 Å². The molecule has 3 rings (SSSR count). The standard InChI is InChI=1S/C23H21N3O5/c1-14-4-7-17(8-5-14)26-31-22(27)13-30-20-9-6-16(11-21(20)29-3)18-10-15(2)25-23(28)19(18)12-24/h4-11,26H,13H2,1-3H3,(H,25,28). The van der Waals surface area contributed by atoms with Gasteiger partial charge in [-0.15, -0.1) is 0 Å². The quantitative estimate of drug-likeness (QED) is 0.564. The number of hydrogen-bond acceptors (Lipinski definition) is 7. The van der Waals surface area contributed by atoms with Gasteiger partial charge in [0.2, 0.25) is 0 Å². The Morgan fingerprint density at radius 3 is 2.52 bits per heavy atom. The number of nitrogens with zero attached hydrogens (tertiary/aromatic N) is 1. The molecule has 1 heterocycles. The Labute approximate surface area is 179 Å². The van der Waals surface area contributed by atoms with E-state index in [0.717, 1.165) is 5.56 Å². The van der Waals surface area contributed by atoms with Gasteiger partial charge in [0.25, 0.3) is 5.56 Å². The Bertz CT molecular complexity index is 1190. The predicted octanol–water partition coefficient (Wildman–Crippen LogP) is 3.49. The summed E-state index contributed by atoms with van der Waals surface area (Å²) in [6.07, 6.45) is 0. The van der Waals surface area contributed by atoms with Crippen molar-refractivity contribution >= 4 is 11.7 Å². The summed E-state index contributed by atoms with van der Waals surface area (Å²) < 4.78 is 10.9. The maximum Gasteiger partial charge on any atom is 0.369 e. The van der Waals surface area contributed by atoms with Crippen molar-refractivity contribution in [3.05, 3.63) is 75.7 Å². The molecule has 0 unspecified atom stereocenters. The van der Waals surface area contributed by atoms with Gasteiger partial charge in [0.15, 0.2) is 18.1 Å². The summed E-state index contributed by atoms with van der Waals surface area (Å²) in [6.45, 7) is 3.35. The number of ether oxygens (including phenoxy) is 2. The zero-order valence-electron chi connectivity index (χ0n) is 17.3. The fraction of sp³-hybridized carbons (Fsp3) is 0.174. The molecule has 0 aliphatic rings. The molecule has 1 aromatic heterocycles. The van der Waals surface area contributed by atoms with Gasteiger partial charge in [0.05, 0.1) is 12.8 Å². The molecule has 0 amide bonds. The van der Waals surface area contributed by atoms with Gasteiger partial charge in [-0.1, -0.05) is 23.8 Å². The molecule has 0 aliphatic heterocycles. The molecule has 158 valence electrons. The van der Waals surface area contributed by atoms with E-state index in [1.807, 2.05) is 25.1 Å². The van der Waals surface area contributed by atoms with Gasteiger partial charge in [-0.2, -0.15) is 5.26 Å². The molecular formula is C23H21N3O5. The van der Waals surface area contributed by atoms with E-state index in [2.05, 4.69) is 10.5 Å². The number of rotatable bonds is 7. The van der Waals surface area contributed by atoms with Crippen molar-refractivity contribution in [3.8, 4) is 28.7 Å². The van der Waals surface area contributed by atoms with Crippen LogP contribution in [0.2, 0.25) is 0 Å². The number of aromatic amines is 1. The lowest BCUT2D eigenvalue weighted by Gasteiger charge is -2.13. The Morgan fingerprint density at radius 1 is 1.10 bits per heavy atom. The van der Waals surface area contributed by atoms with E-state index in [4.69, 9.17) is 14.3 Å². The summed E-state index contributed by atoms with van der Waals surface area (Å²) in [7, 11) is 1.46. The zero-order valence-corrected chi connectivity index (χ0v) is 17.3. The summed E-state index contributed by atoms with van der Waals surface area (Å²) in [5.41, 5.74) is 5.57. The van der Waals surface area contributed by atoms with Crippen molar-refractivity contribution in [1.29, 1.82) is 5.26 Å². The third kappa shape index (κ3) is 5.22. The average Bonchev–Trinajstić information content (AvgIpc) is 2.76. The molecule has 0 atom stereocenters. The number of carbonyl (C=O) groups excluding carboxylic acids is 1. The molecule has 0 saturated heterocycles. The van der Waals surface area contributed by atoms with E-state index >= 15 is 0 Å². The van der Waals surface area contributed by atoms with Crippen molar-refractivity contribution in [2.45, 2.75) is 13.8 Å². The van der Waals surface area contributed by atoms with E-state index in [1.165, 1.54) is 7.11 Å². The third-order valence-corrected chi connectivity index (χ3v) is 4.43. The van der Waals surface area contributed by atoms with Crippen LogP contribution < -0.4 is 20.5 Å². The van der Waals surface area contributed by atoms with Crippen molar-refractivity contribution < 1.29 is 19.1 Å². The van der Waals surface area contributed by atoms with Crippen molar-refractivity contribution in [2.24, 2.45) is 0 Å². The van der Waals surface area contributed by atoms with E-state index in [0.29, 0.717) is 34.0 Å². The molecule has 31 heavy (non-hydrogen) atoms. The molecular weight excluding hydrogens is 398 g/mol. The lowest BCUT2D eigenvalue weighted by molar-refractivity contribution is -0.143. The lowest BCUT2D eigenvalue weighted by Crippen LogP contribution is -2.18. The maximum absolute atomic E-state index is 12.1. The molecule has 0 spiro atoms. The molecule has 0 fully saturated rings. The van der Waals surface area contributed by atoms with Gasteiger partial charge in [-0.05, 0) is 49.7 Å². The van der Waals surface area contributed by atoms with Crippen LogP contribution in [0.1, 0.15) is 16.8 Å². The number of H-pyrrole nitrogens is 1. The van der Waals surface area contributed by atoms with Gasteiger partial charge in [-0.25, -0.2) is 10.3 Å². The van der Waals surface area contributed by atoms with Crippen LogP contribution in [0.5, 0.6) is 11.5 Å². The normalized spacial score (nSPS) is 10.1. The van der Waals surface area contributed by atoms with Gasteiger partial charge in [0.1, 0.15) is 11.6 Å². The fourth-order valence-electron chi connectivity index (χ4n) is 2.89. The fourth-order valence-corrected chi connectivity index (χ4v) is 2.89. The second kappa shape index (κ2) is 9.50. The van der Waals surface area contributed by atoms with Crippen LogP contribution in [-0.2, 0) is 9.63 Å². The lowest BCUT2D eigenvalue weighted by atomic mass is 10.0. The number of hydrogen-bond donors (Lipinski definition) is 2. The number of benzene rings is 2. The Kier molecular flexibility index (Phi) is 6.58. The SMILES string of the molecule is COc1cc(-c2cc(C)[nH]c(=O)c2C#N)ccc1OCC(=O)ONc1ccc(C)cc1. The summed E-state index contributed by atoms with van der Waals surface area (Å²) in [5.74, 6) is 0.0425. The maximum atomic E-state index is 12.1. The van der Waals surface area contributed by atoms with Crippen LogP contribution >= 0.6 is 0 Å². The van der Waals surface area contributed by atoms with Crippen LogP contribution in [0.15, 0.2) is 53.3 Å².